The zero-order valence-corrected chi connectivity index (χ0v) is 7.16. The van der Waals surface area contributed by atoms with Gasteiger partial charge in [0.2, 0.25) is 5.78 Å². The van der Waals surface area contributed by atoms with E-state index >= 15 is 0 Å². The number of hydrogen-bond acceptors (Lipinski definition) is 3. The predicted octanol–water partition coefficient (Wildman–Crippen LogP) is 2.07. The molecule has 1 aliphatic rings. The van der Waals surface area contributed by atoms with Gasteiger partial charge in [-0.05, 0) is 25.0 Å². The second-order valence-corrected chi connectivity index (χ2v) is 3.31. The van der Waals surface area contributed by atoms with Gasteiger partial charge in [0.15, 0.2) is 17.8 Å². The lowest BCUT2D eigenvalue weighted by molar-refractivity contribution is 0.0823. The first-order valence-electron chi connectivity index (χ1n) is 4.40. The summed E-state index contributed by atoms with van der Waals surface area (Å²) in [4.78, 5) is 21.8. The molecule has 3 heteroatoms. The van der Waals surface area contributed by atoms with Gasteiger partial charge in [0, 0.05) is 5.92 Å². The molecule has 0 bridgehead atoms. The summed E-state index contributed by atoms with van der Waals surface area (Å²) < 4.78 is 5.03. The lowest BCUT2D eigenvalue weighted by Crippen LogP contribution is -2.21. The fourth-order valence-corrected chi connectivity index (χ4v) is 1.42. The van der Waals surface area contributed by atoms with Crippen LogP contribution in [0.2, 0.25) is 0 Å². The SMILES string of the molecule is O=Cc1ccc(C(=O)C2CCC2)o1. The molecule has 0 unspecified atom stereocenters. The highest BCUT2D eigenvalue weighted by Crippen LogP contribution is 2.30. The quantitative estimate of drug-likeness (QED) is 0.525. The topological polar surface area (TPSA) is 47.3 Å². The van der Waals surface area contributed by atoms with Gasteiger partial charge in [-0.1, -0.05) is 6.42 Å². The third-order valence-electron chi connectivity index (χ3n) is 2.46. The van der Waals surface area contributed by atoms with Gasteiger partial charge in [0.25, 0.3) is 0 Å². The van der Waals surface area contributed by atoms with E-state index in [1.165, 1.54) is 6.07 Å². The third-order valence-corrected chi connectivity index (χ3v) is 2.46. The Hall–Kier alpha value is -1.38. The molecule has 13 heavy (non-hydrogen) atoms. The molecule has 68 valence electrons. The zero-order chi connectivity index (χ0) is 9.26. The average molecular weight is 178 g/mol. The van der Waals surface area contributed by atoms with Crippen LogP contribution in [0.3, 0.4) is 0 Å². The summed E-state index contributed by atoms with van der Waals surface area (Å²) in [5.41, 5.74) is 0. The normalized spacial score (nSPS) is 16.6. The van der Waals surface area contributed by atoms with Gasteiger partial charge in [0.05, 0.1) is 0 Å². The number of carbonyl (C=O) groups excluding carboxylic acids is 2. The van der Waals surface area contributed by atoms with Crippen molar-refractivity contribution in [3.63, 3.8) is 0 Å². The Morgan fingerprint density at radius 2 is 2.23 bits per heavy atom. The lowest BCUT2D eigenvalue weighted by Gasteiger charge is -2.22. The molecule has 1 saturated carbocycles. The maximum absolute atomic E-state index is 11.5. The summed E-state index contributed by atoms with van der Waals surface area (Å²) in [6.07, 6.45) is 3.64. The van der Waals surface area contributed by atoms with Crippen LogP contribution in [0.25, 0.3) is 0 Å². The van der Waals surface area contributed by atoms with Gasteiger partial charge in [-0.3, -0.25) is 9.59 Å². The van der Waals surface area contributed by atoms with E-state index in [0.29, 0.717) is 12.0 Å². The molecule has 0 atom stereocenters. The zero-order valence-electron chi connectivity index (χ0n) is 7.16. The van der Waals surface area contributed by atoms with Crippen molar-refractivity contribution >= 4 is 12.1 Å². The number of hydrogen-bond donors (Lipinski definition) is 0. The summed E-state index contributed by atoms with van der Waals surface area (Å²) in [5, 5.41) is 0. The first kappa shape index (κ1) is 8.23. The number of rotatable bonds is 3. The van der Waals surface area contributed by atoms with Crippen LogP contribution >= 0.6 is 0 Å². The van der Waals surface area contributed by atoms with Crippen molar-refractivity contribution in [3.05, 3.63) is 23.7 Å². The predicted molar refractivity (Wildman–Crippen MR) is 45.8 cm³/mol. The second kappa shape index (κ2) is 3.17. The van der Waals surface area contributed by atoms with Gasteiger partial charge in [-0.15, -0.1) is 0 Å². The van der Waals surface area contributed by atoms with Crippen molar-refractivity contribution in [1.29, 1.82) is 0 Å². The van der Waals surface area contributed by atoms with E-state index in [1.807, 2.05) is 0 Å². The largest absolute Gasteiger partial charge is 0.450 e. The van der Waals surface area contributed by atoms with E-state index in [0.717, 1.165) is 19.3 Å². The van der Waals surface area contributed by atoms with Crippen molar-refractivity contribution in [2.45, 2.75) is 19.3 Å². The number of aldehydes is 1. The summed E-state index contributed by atoms with van der Waals surface area (Å²) in [5.74, 6) is 0.722. The van der Waals surface area contributed by atoms with Gasteiger partial charge in [-0.2, -0.15) is 0 Å². The Morgan fingerprint density at radius 3 is 2.69 bits per heavy atom. The maximum Gasteiger partial charge on any atom is 0.201 e. The molecule has 0 N–H and O–H groups in total. The van der Waals surface area contributed by atoms with Gasteiger partial charge in [-0.25, -0.2) is 0 Å². The Kier molecular flexibility index (Phi) is 2.00. The molecule has 0 aromatic carbocycles. The third kappa shape index (κ3) is 1.41. The number of furan rings is 1. The molecule has 3 nitrogen and oxygen atoms in total. The van der Waals surface area contributed by atoms with E-state index in [2.05, 4.69) is 0 Å². The molecule has 2 rings (SSSR count). The number of Topliss-reactive ketones (excluding diaryl/α,β-unsaturated/α-hetero) is 1. The van der Waals surface area contributed by atoms with Crippen LogP contribution < -0.4 is 0 Å². The monoisotopic (exact) mass is 178 g/mol. The molecule has 1 fully saturated rings. The molecular formula is C10H10O3. The van der Waals surface area contributed by atoms with E-state index in [4.69, 9.17) is 4.42 Å². The van der Waals surface area contributed by atoms with E-state index < -0.39 is 0 Å². The fourth-order valence-electron chi connectivity index (χ4n) is 1.42. The van der Waals surface area contributed by atoms with Gasteiger partial charge >= 0.3 is 0 Å². The molecule has 0 radical (unpaired) electrons. The summed E-state index contributed by atoms with van der Waals surface area (Å²) >= 11 is 0. The Balaban J connectivity index is 2.14. The van der Waals surface area contributed by atoms with E-state index in [1.54, 1.807) is 6.07 Å². The summed E-state index contributed by atoms with van der Waals surface area (Å²) in [6, 6.07) is 3.10. The molecule has 0 saturated heterocycles. The van der Waals surface area contributed by atoms with Crippen LogP contribution in [0.15, 0.2) is 16.5 Å². The molecular weight excluding hydrogens is 168 g/mol. The van der Waals surface area contributed by atoms with Crippen molar-refractivity contribution in [3.8, 4) is 0 Å². The molecule has 1 aromatic heterocycles. The molecule has 1 heterocycles. The summed E-state index contributed by atoms with van der Waals surface area (Å²) in [6.45, 7) is 0. The van der Waals surface area contributed by atoms with Crippen LogP contribution in [0, 0.1) is 5.92 Å². The Bertz CT molecular complexity index is 334. The number of carbonyl (C=O) groups is 2. The molecule has 0 amide bonds. The van der Waals surface area contributed by atoms with Crippen molar-refractivity contribution < 1.29 is 14.0 Å². The average Bonchev–Trinajstić information content (AvgIpc) is 2.48. The highest BCUT2D eigenvalue weighted by Gasteiger charge is 2.28. The number of ketones is 1. The Labute approximate surface area is 75.7 Å². The van der Waals surface area contributed by atoms with Crippen LogP contribution in [-0.2, 0) is 0 Å². The highest BCUT2D eigenvalue weighted by atomic mass is 16.4. The minimum absolute atomic E-state index is 0.0411. The molecule has 0 spiro atoms. The van der Waals surface area contributed by atoms with Crippen LogP contribution in [0.4, 0.5) is 0 Å². The smallest absolute Gasteiger partial charge is 0.201 e. The van der Waals surface area contributed by atoms with E-state index in [9.17, 15) is 9.59 Å². The maximum atomic E-state index is 11.5. The fraction of sp³-hybridized carbons (Fsp3) is 0.400. The summed E-state index contributed by atoms with van der Waals surface area (Å²) in [7, 11) is 0. The lowest BCUT2D eigenvalue weighted by atomic mass is 9.81. The van der Waals surface area contributed by atoms with Crippen molar-refractivity contribution in [2.75, 3.05) is 0 Å². The van der Waals surface area contributed by atoms with Crippen LogP contribution in [-0.4, -0.2) is 12.1 Å². The van der Waals surface area contributed by atoms with Gasteiger partial charge in [0.1, 0.15) is 0 Å². The van der Waals surface area contributed by atoms with Crippen LogP contribution in [0.5, 0.6) is 0 Å². The van der Waals surface area contributed by atoms with Crippen molar-refractivity contribution in [1.82, 2.24) is 0 Å². The highest BCUT2D eigenvalue weighted by molar-refractivity contribution is 5.96. The van der Waals surface area contributed by atoms with Gasteiger partial charge < -0.3 is 4.42 Å². The molecule has 1 aromatic rings. The minimum atomic E-state index is 0.0411. The standard InChI is InChI=1S/C10H10O3/c11-6-8-4-5-9(13-8)10(12)7-2-1-3-7/h4-7H,1-3H2. The van der Waals surface area contributed by atoms with Crippen LogP contribution in [0.1, 0.15) is 40.4 Å². The molecule has 1 aliphatic carbocycles. The second-order valence-electron chi connectivity index (χ2n) is 3.31. The van der Waals surface area contributed by atoms with Crippen molar-refractivity contribution in [2.24, 2.45) is 5.92 Å². The Morgan fingerprint density at radius 1 is 1.46 bits per heavy atom. The van der Waals surface area contributed by atoms with E-state index in [-0.39, 0.29) is 17.5 Å². The molecule has 0 aliphatic heterocycles. The first-order valence-corrected chi connectivity index (χ1v) is 4.40. The first-order chi connectivity index (χ1) is 6.31. The minimum Gasteiger partial charge on any atom is -0.450 e.